The summed E-state index contributed by atoms with van der Waals surface area (Å²) in [5.41, 5.74) is 3.87. The number of ether oxygens (including phenoxy) is 1. The van der Waals surface area contributed by atoms with Gasteiger partial charge in [0.25, 0.3) is 0 Å². The molecular formula is C29H31ClN4O5S2. The van der Waals surface area contributed by atoms with Crippen LogP contribution in [0.25, 0.3) is 21.3 Å². The van der Waals surface area contributed by atoms with Crippen molar-refractivity contribution in [2.24, 2.45) is 0 Å². The van der Waals surface area contributed by atoms with Gasteiger partial charge in [0.2, 0.25) is 15.9 Å². The number of nitrogens with zero attached hydrogens (tertiary/aromatic N) is 3. The SMILES string of the molecule is CN(C(=O)Cn1c(=O)sc2ccc(Cl)cc21)C(CN1CCOCC1)c1ccc(-c2cccc(NS(C)(=O)=O)c2)cc1. The predicted octanol–water partition coefficient (Wildman–Crippen LogP) is 4.29. The van der Waals surface area contributed by atoms with Crippen LogP contribution in [0.15, 0.2) is 71.5 Å². The van der Waals surface area contributed by atoms with E-state index >= 15 is 0 Å². The summed E-state index contributed by atoms with van der Waals surface area (Å²) in [6, 6.07) is 20.1. The average molecular weight is 615 g/mol. The number of carbonyl (C=O) groups excluding carboxylic acids is 1. The number of amides is 1. The van der Waals surface area contributed by atoms with Crippen molar-refractivity contribution in [2.45, 2.75) is 12.6 Å². The van der Waals surface area contributed by atoms with Gasteiger partial charge in [-0.25, -0.2) is 8.42 Å². The van der Waals surface area contributed by atoms with E-state index in [1.807, 2.05) is 30.3 Å². The van der Waals surface area contributed by atoms with E-state index in [0.29, 0.717) is 36.0 Å². The van der Waals surface area contributed by atoms with Crippen molar-refractivity contribution in [3.05, 3.63) is 87.0 Å². The highest BCUT2D eigenvalue weighted by Gasteiger charge is 2.26. The molecule has 0 aliphatic carbocycles. The van der Waals surface area contributed by atoms with Crippen molar-refractivity contribution in [1.82, 2.24) is 14.4 Å². The van der Waals surface area contributed by atoms with Gasteiger partial charge in [-0.05, 0) is 47.0 Å². The molecule has 1 saturated heterocycles. The molecule has 1 unspecified atom stereocenters. The number of hydrogen-bond donors (Lipinski definition) is 1. The molecule has 0 radical (unpaired) electrons. The van der Waals surface area contributed by atoms with Gasteiger partial charge in [0.05, 0.1) is 35.7 Å². The zero-order valence-electron chi connectivity index (χ0n) is 22.7. The molecule has 5 rings (SSSR count). The molecule has 0 saturated carbocycles. The second-order valence-corrected chi connectivity index (χ2v) is 13.3. The summed E-state index contributed by atoms with van der Waals surface area (Å²) >= 11 is 7.28. The highest BCUT2D eigenvalue weighted by molar-refractivity contribution is 7.92. The Morgan fingerprint density at radius 3 is 2.51 bits per heavy atom. The number of fused-ring (bicyclic) bond motifs is 1. The molecule has 2 heterocycles. The van der Waals surface area contributed by atoms with E-state index in [1.54, 1.807) is 48.3 Å². The Bertz CT molecular complexity index is 1710. The van der Waals surface area contributed by atoms with Crippen molar-refractivity contribution in [3.8, 4) is 11.1 Å². The summed E-state index contributed by atoms with van der Waals surface area (Å²) < 4.78 is 33.6. The molecule has 216 valence electrons. The fourth-order valence-electron chi connectivity index (χ4n) is 4.96. The lowest BCUT2D eigenvalue weighted by Crippen LogP contribution is -2.44. The quantitative estimate of drug-likeness (QED) is 0.302. The monoisotopic (exact) mass is 614 g/mol. The molecule has 1 fully saturated rings. The van der Waals surface area contributed by atoms with Crippen LogP contribution in [0, 0.1) is 0 Å². The largest absolute Gasteiger partial charge is 0.379 e. The van der Waals surface area contributed by atoms with Gasteiger partial charge >= 0.3 is 4.87 Å². The number of morpholine rings is 1. The maximum absolute atomic E-state index is 13.6. The van der Waals surface area contributed by atoms with Crippen LogP contribution >= 0.6 is 22.9 Å². The summed E-state index contributed by atoms with van der Waals surface area (Å²) in [6.07, 6.45) is 1.12. The number of rotatable bonds is 9. The minimum Gasteiger partial charge on any atom is -0.379 e. The summed E-state index contributed by atoms with van der Waals surface area (Å²) in [5, 5.41) is 0.507. The number of hydrogen-bond acceptors (Lipinski definition) is 7. The second kappa shape index (κ2) is 12.3. The number of sulfonamides is 1. The summed E-state index contributed by atoms with van der Waals surface area (Å²) in [4.78, 5) is 30.2. The third-order valence-corrected chi connectivity index (χ3v) is 8.91. The first-order valence-electron chi connectivity index (χ1n) is 13.1. The third-order valence-electron chi connectivity index (χ3n) is 7.11. The number of anilines is 1. The third kappa shape index (κ3) is 7.17. The topological polar surface area (TPSA) is 101 Å². The van der Waals surface area contributed by atoms with E-state index in [-0.39, 0.29) is 23.4 Å². The Labute approximate surface area is 248 Å². The van der Waals surface area contributed by atoms with Crippen LogP contribution in [0.1, 0.15) is 11.6 Å². The van der Waals surface area contributed by atoms with Gasteiger partial charge in [0.15, 0.2) is 0 Å². The normalized spacial score (nSPS) is 15.1. The molecule has 4 aromatic rings. The van der Waals surface area contributed by atoms with Crippen LogP contribution in [0.5, 0.6) is 0 Å². The maximum Gasteiger partial charge on any atom is 0.308 e. The van der Waals surface area contributed by atoms with Crippen molar-refractivity contribution >= 4 is 54.8 Å². The summed E-state index contributed by atoms with van der Waals surface area (Å²) in [5.74, 6) is -0.186. The Balaban J connectivity index is 1.41. The zero-order valence-corrected chi connectivity index (χ0v) is 25.1. The number of aromatic nitrogens is 1. The number of carbonyl (C=O) groups is 1. The first kappa shape index (κ1) is 29.3. The van der Waals surface area contributed by atoms with E-state index in [9.17, 15) is 18.0 Å². The molecule has 1 N–H and O–H groups in total. The smallest absolute Gasteiger partial charge is 0.308 e. The number of benzene rings is 3. The number of nitrogens with one attached hydrogen (secondary N) is 1. The molecule has 9 nitrogen and oxygen atoms in total. The Morgan fingerprint density at radius 1 is 1.07 bits per heavy atom. The number of likely N-dealkylation sites (N-methyl/N-ethyl adjacent to an activating group) is 1. The Hall–Kier alpha value is -3.22. The molecule has 1 aliphatic rings. The van der Waals surface area contributed by atoms with Crippen molar-refractivity contribution in [1.29, 1.82) is 0 Å². The van der Waals surface area contributed by atoms with Crippen molar-refractivity contribution in [3.63, 3.8) is 0 Å². The Morgan fingerprint density at radius 2 is 1.80 bits per heavy atom. The van der Waals surface area contributed by atoms with Crippen LogP contribution < -0.4 is 9.60 Å². The fraction of sp³-hybridized carbons (Fsp3) is 0.310. The van der Waals surface area contributed by atoms with Gasteiger partial charge in [-0.2, -0.15) is 0 Å². The van der Waals surface area contributed by atoms with Gasteiger partial charge in [-0.15, -0.1) is 0 Å². The average Bonchev–Trinajstić information content (AvgIpc) is 3.25. The second-order valence-electron chi connectivity index (χ2n) is 10.1. The molecular weight excluding hydrogens is 584 g/mol. The van der Waals surface area contributed by atoms with Gasteiger partial charge in [-0.3, -0.25) is 23.8 Å². The van der Waals surface area contributed by atoms with Crippen LogP contribution in [0.4, 0.5) is 5.69 Å². The highest BCUT2D eigenvalue weighted by atomic mass is 35.5. The molecule has 3 aromatic carbocycles. The summed E-state index contributed by atoms with van der Waals surface area (Å²) in [7, 11) is -1.62. The lowest BCUT2D eigenvalue weighted by molar-refractivity contribution is -0.133. The van der Waals surface area contributed by atoms with Crippen molar-refractivity contribution < 1.29 is 17.9 Å². The highest BCUT2D eigenvalue weighted by Crippen LogP contribution is 2.28. The van der Waals surface area contributed by atoms with Gasteiger partial charge in [-0.1, -0.05) is 59.3 Å². The van der Waals surface area contributed by atoms with E-state index in [1.165, 1.54) is 4.57 Å². The lowest BCUT2D eigenvalue weighted by Gasteiger charge is -2.35. The first-order valence-corrected chi connectivity index (χ1v) is 16.2. The standard InChI is InChI=1S/C29H31ClN4O5S2/c1-32(28(35)19-34-25-17-23(30)10-11-27(25)40-29(34)36)26(18-33-12-14-39-15-13-33)21-8-6-20(7-9-21)22-4-3-5-24(16-22)31-41(2,37)38/h3-11,16-17,26,31H,12-15,18-19H2,1-2H3. The van der Waals surface area contributed by atoms with Crippen LogP contribution in [0.2, 0.25) is 5.02 Å². The summed E-state index contributed by atoms with van der Waals surface area (Å²) in [6.45, 7) is 3.33. The minimum absolute atomic E-state index is 0.0898. The minimum atomic E-state index is -3.39. The molecule has 0 bridgehead atoms. The molecule has 1 amide bonds. The van der Waals surface area contributed by atoms with E-state index in [4.69, 9.17) is 16.3 Å². The van der Waals surface area contributed by atoms with E-state index in [2.05, 4.69) is 9.62 Å². The van der Waals surface area contributed by atoms with Crippen LogP contribution in [0.3, 0.4) is 0 Å². The lowest BCUT2D eigenvalue weighted by atomic mass is 9.99. The van der Waals surface area contributed by atoms with E-state index < -0.39 is 10.0 Å². The fourth-order valence-corrected chi connectivity index (χ4v) is 6.55. The van der Waals surface area contributed by atoms with Crippen molar-refractivity contribution in [2.75, 3.05) is 50.9 Å². The van der Waals surface area contributed by atoms with E-state index in [0.717, 1.165) is 52.1 Å². The number of halogens is 1. The molecule has 12 heteroatoms. The van der Waals surface area contributed by atoms with Gasteiger partial charge in [0, 0.05) is 37.4 Å². The van der Waals surface area contributed by atoms with Gasteiger partial charge < -0.3 is 9.64 Å². The predicted molar refractivity (Wildman–Crippen MR) is 164 cm³/mol. The van der Waals surface area contributed by atoms with Crippen LogP contribution in [-0.4, -0.2) is 74.8 Å². The molecule has 1 aliphatic heterocycles. The maximum atomic E-state index is 13.6. The molecule has 1 atom stereocenters. The molecule has 1 aromatic heterocycles. The molecule has 0 spiro atoms. The molecule has 41 heavy (non-hydrogen) atoms. The van der Waals surface area contributed by atoms with Crippen LogP contribution in [-0.2, 0) is 26.1 Å². The Kier molecular flexibility index (Phi) is 8.81. The first-order chi connectivity index (χ1) is 19.6. The van der Waals surface area contributed by atoms with Gasteiger partial charge in [0.1, 0.15) is 6.54 Å². The zero-order chi connectivity index (χ0) is 29.1. The number of thiazole rings is 1.